The summed E-state index contributed by atoms with van der Waals surface area (Å²) in [5.74, 6) is 0.892. The minimum atomic E-state index is -0.870. The summed E-state index contributed by atoms with van der Waals surface area (Å²) in [6.07, 6.45) is 3.20. The standard InChI is InChI=1S/C22H34O4/c1-15(20(23)24)11-9-10-12-26-19-14-16(21(2,3)4)18(25-8)13-17(19)22(5,6)7/h11,13-14H,9-10,12H2,1-8H3,(H,23,24)/b15-11+. The van der Waals surface area contributed by atoms with Gasteiger partial charge in [0, 0.05) is 16.7 Å². The molecule has 0 radical (unpaired) electrons. The Hall–Kier alpha value is -1.97. The second kappa shape index (κ2) is 8.61. The molecule has 0 atom stereocenters. The van der Waals surface area contributed by atoms with Crippen molar-refractivity contribution in [1.29, 1.82) is 0 Å². The van der Waals surface area contributed by atoms with Gasteiger partial charge in [-0.3, -0.25) is 0 Å². The van der Waals surface area contributed by atoms with Crippen molar-refractivity contribution < 1.29 is 19.4 Å². The number of benzene rings is 1. The fourth-order valence-electron chi connectivity index (χ4n) is 2.69. The van der Waals surface area contributed by atoms with E-state index in [1.807, 2.05) is 0 Å². The molecule has 0 heterocycles. The van der Waals surface area contributed by atoms with Crippen LogP contribution < -0.4 is 9.47 Å². The lowest BCUT2D eigenvalue weighted by Gasteiger charge is -2.28. The van der Waals surface area contributed by atoms with E-state index in [4.69, 9.17) is 14.6 Å². The largest absolute Gasteiger partial charge is 0.496 e. The molecule has 0 fully saturated rings. The molecule has 0 aromatic heterocycles. The number of carboxylic acids is 1. The second-order valence-corrected chi connectivity index (χ2v) is 8.73. The molecule has 0 bridgehead atoms. The van der Waals surface area contributed by atoms with Crippen molar-refractivity contribution in [2.75, 3.05) is 13.7 Å². The van der Waals surface area contributed by atoms with Gasteiger partial charge in [-0.05, 0) is 42.7 Å². The summed E-state index contributed by atoms with van der Waals surface area (Å²) in [6, 6.07) is 4.18. The normalized spacial score (nSPS) is 12.8. The zero-order valence-corrected chi connectivity index (χ0v) is 17.5. The molecule has 4 heteroatoms. The number of ether oxygens (including phenoxy) is 2. The molecule has 0 amide bonds. The topological polar surface area (TPSA) is 55.8 Å². The third-order valence-corrected chi connectivity index (χ3v) is 4.31. The summed E-state index contributed by atoms with van der Waals surface area (Å²) in [4.78, 5) is 10.8. The first kappa shape index (κ1) is 22.1. The number of carboxylic acid groups (broad SMARTS) is 1. The first-order chi connectivity index (χ1) is 11.9. The Bertz CT molecular complexity index is 658. The third-order valence-electron chi connectivity index (χ3n) is 4.31. The molecule has 0 spiro atoms. The average molecular weight is 363 g/mol. The van der Waals surface area contributed by atoms with Gasteiger partial charge < -0.3 is 14.6 Å². The van der Waals surface area contributed by atoms with Gasteiger partial charge in [0.2, 0.25) is 0 Å². The van der Waals surface area contributed by atoms with Crippen LogP contribution >= 0.6 is 0 Å². The number of carbonyl (C=O) groups is 1. The zero-order chi connectivity index (χ0) is 20.1. The molecule has 26 heavy (non-hydrogen) atoms. The van der Waals surface area contributed by atoms with Crippen molar-refractivity contribution in [1.82, 2.24) is 0 Å². The Labute approximate surface area is 158 Å². The molecule has 1 rings (SSSR count). The molecule has 146 valence electrons. The highest BCUT2D eigenvalue weighted by atomic mass is 16.5. The van der Waals surface area contributed by atoms with Crippen LogP contribution in [0.4, 0.5) is 0 Å². The Balaban J connectivity index is 3.04. The predicted molar refractivity (Wildman–Crippen MR) is 107 cm³/mol. The maximum Gasteiger partial charge on any atom is 0.330 e. The van der Waals surface area contributed by atoms with E-state index in [0.29, 0.717) is 18.6 Å². The van der Waals surface area contributed by atoms with Crippen molar-refractivity contribution in [2.24, 2.45) is 0 Å². The highest BCUT2D eigenvalue weighted by Gasteiger charge is 2.26. The quantitative estimate of drug-likeness (QED) is 0.515. The lowest BCUT2D eigenvalue weighted by Crippen LogP contribution is -2.18. The van der Waals surface area contributed by atoms with Gasteiger partial charge in [-0.15, -0.1) is 0 Å². The SMILES string of the molecule is COc1cc(C(C)(C)C)c(OCCC/C=C(\C)C(=O)O)cc1C(C)(C)C. The van der Waals surface area contributed by atoms with Crippen LogP contribution in [0.2, 0.25) is 0 Å². The third kappa shape index (κ3) is 6.08. The first-order valence-corrected chi connectivity index (χ1v) is 9.13. The van der Waals surface area contributed by atoms with E-state index in [0.717, 1.165) is 29.0 Å². The zero-order valence-electron chi connectivity index (χ0n) is 17.5. The van der Waals surface area contributed by atoms with Gasteiger partial charge in [0.05, 0.1) is 13.7 Å². The van der Waals surface area contributed by atoms with Crippen molar-refractivity contribution in [2.45, 2.75) is 72.1 Å². The molecule has 0 aliphatic rings. The summed E-state index contributed by atoms with van der Waals surface area (Å²) in [5, 5.41) is 8.89. The van der Waals surface area contributed by atoms with Crippen LogP contribution in [-0.2, 0) is 15.6 Å². The summed E-state index contributed by atoms with van der Waals surface area (Å²) in [5.41, 5.74) is 2.48. The van der Waals surface area contributed by atoms with Gasteiger partial charge in [0.25, 0.3) is 0 Å². The molecule has 0 aliphatic heterocycles. The van der Waals surface area contributed by atoms with Crippen molar-refractivity contribution in [3.05, 3.63) is 34.9 Å². The van der Waals surface area contributed by atoms with E-state index < -0.39 is 5.97 Å². The molecule has 1 aromatic rings. The van der Waals surface area contributed by atoms with Gasteiger partial charge >= 0.3 is 5.97 Å². The maximum atomic E-state index is 10.8. The molecule has 1 aromatic carbocycles. The monoisotopic (exact) mass is 362 g/mol. The Kier molecular flexibility index (Phi) is 7.31. The number of hydrogen-bond acceptors (Lipinski definition) is 3. The number of aliphatic carboxylic acids is 1. The maximum absolute atomic E-state index is 10.8. The molecule has 0 saturated heterocycles. The van der Waals surface area contributed by atoms with E-state index in [9.17, 15) is 4.79 Å². The molecule has 1 N–H and O–H groups in total. The molecule has 0 aliphatic carbocycles. The second-order valence-electron chi connectivity index (χ2n) is 8.73. The van der Waals surface area contributed by atoms with Gasteiger partial charge in [0.15, 0.2) is 0 Å². The first-order valence-electron chi connectivity index (χ1n) is 9.13. The highest BCUT2D eigenvalue weighted by molar-refractivity contribution is 5.85. The smallest absolute Gasteiger partial charge is 0.330 e. The van der Waals surface area contributed by atoms with Crippen molar-refractivity contribution in [3.63, 3.8) is 0 Å². The molecular weight excluding hydrogens is 328 g/mol. The Morgan fingerprint density at radius 3 is 2.00 bits per heavy atom. The Morgan fingerprint density at radius 1 is 1.04 bits per heavy atom. The fourth-order valence-corrected chi connectivity index (χ4v) is 2.69. The van der Waals surface area contributed by atoms with Crippen molar-refractivity contribution in [3.8, 4) is 11.5 Å². The van der Waals surface area contributed by atoms with Crippen LogP contribution in [-0.4, -0.2) is 24.8 Å². The summed E-state index contributed by atoms with van der Waals surface area (Å²) >= 11 is 0. The summed E-state index contributed by atoms with van der Waals surface area (Å²) in [7, 11) is 1.70. The van der Waals surface area contributed by atoms with E-state index in [2.05, 4.69) is 53.7 Å². The molecule has 0 saturated carbocycles. The number of rotatable bonds is 7. The summed E-state index contributed by atoms with van der Waals surface area (Å²) < 4.78 is 11.7. The lowest BCUT2D eigenvalue weighted by molar-refractivity contribution is -0.132. The minimum Gasteiger partial charge on any atom is -0.496 e. The number of hydrogen-bond donors (Lipinski definition) is 1. The molecule has 4 nitrogen and oxygen atoms in total. The van der Waals surface area contributed by atoms with Crippen LogP contribution in [0.25, 0.3) is 0 Å². The summed E-state index contributed by atoms with van der Waals surface area (Å²) in [6.45, 7) is 15.1. The van der Waals surface area contributed by atoms with E-state index >= 15 is 0 Å². The van der Waals surface area contributed by atoms with Crippen LogP contribution in [0.3, 0.4) is 0 Å². The lowest BCUT2D eigenvalue weighted by atomic mass is 9.81. The number of unbranched alkanes of at least 4 members (excludes halogenated alkanes) is 1. The average Bonchev–Trinajstić information content (AvgIpc) is 2.51. The van der Waals surface area contributed by atoms with Gasteiger partial charge in [0.1, 0.15) is 11.5 Å². The number of allylic oxidation sites excluding steroid dienone is 1. The fraction of sp³-hybridized carbons (Fsp3) is 0.591. The van der Waals surface area contributed by atoms with Crippen LogP contribution in [0, 0.1) is 0 Å². The molecular formula is C22H34O4. The predicted octanol–water partition coefficient (Wildman–Crippen LogP) is 5.48. The minimum absolute atomic E-state index is 0.0544. The van der Waals surface area contributed by atoms with Gasteiger partial charge in [-0.1, -0.05) is 47.6 Å². The van der Waals surface area contributed by atoms with Crippen molar-refractivity contribution >= 4 is 5.97 Å². The van der Waals surface area contributed by atoms with Gasteiger partial charge in [-0.2, -0.15) is 0 Å². The molecule has 0 unspecified atom stereocenters. The van der Waals surface area contributed by atoms with Crippen LogP contribution in [0.1, 0.15) is 72.4 Å². The van der Waals surface area contributed by atoms with Crippen LogP contribution in [0.5, 0.6) is 11.5 Å². The van der Waals surface area contributed by atoms with Gasteiger partial charge in [-0.25, -0.2) is 4.79 Å². The van der Waals surface area contributed by atoms with E-state index in [1.54, 1.807) is 20.1 Å². The van der Waals surface area contributed by atoms with E-state index in [-0.39, 0.29) is 10.8 Å². The van der Waals surface area contributed by atoms with Crippen LogP contribution in [0.15, 0.2) is 23.8 Å². The van der Waals surface area contributed by atoms with E-state index in [1.165, 1.54) is 0 Å². The Morgan fingerprint density at radius 2 is 1.54 bits per heavy atom. The highest BCUT2D eigenvalue weighted by Crippen LogP contribution is 2.41. The number of methoxy groups -OCH3 is 1.